The second kappa shape index (κ2) is 9.37. The van der Waals surface area contributed by atoms with Crippen molar-refractivity contribution in [2.24, 2.45) is 0 Å². The van der Waals surface area contributed by atoms with Crippen molar-refractivity contribution in [3.05, 3.63) is 59.0 Å². The molecule has 0 aliphatic carbocycles. The summed E-state index contributed by atoms with van der Waals surface area (Å²) in [5.41, 5.74) is 2.76. The number of benzene rings is 2. The lowest BCUT2D eigenvalue weighted by Gasteiger charge is -2.18. The van der Waals surface area contributed by atoms with E-state index in [2.05, 4.69) is 0 Å². The van der Waals surface area contributed by atoms with Crippen molar-refractivity contribution >= 4 is 23.2 Å². The second-order valence-electron chi connectivity index (χ2n) is 6.18. The topological polar surface area (TPSA) is 74.2 Å². The maximum Gasteiger partial charge on any atom is 0.200 e. The Balaban J connectivity index is 2.29. The number of hydrogen-bond acceptors (Lipinski definition) is 7. The Morgan fingerprint density at radius 1 is 0.900 bits per heavy atom. The van der Waals surface area contributed by atoms with Crippen LogP contribution in [0.4, 0.5) is 0 Å². The molecule has 0 fully saturated rings. The van der Waals surface area contributed by atoms with Crippen molar-refractivity contribution in [2.45, 2.75) is 0 Å². The molecule has 0 spiro atoms. The number of phenols is 1. The number of phenolic OH excluding ortho intramolecular Hbond substituents is 1. The van der Waals surface area contributed by atoms with E-state index in [4.69, 9.17) is 18.9 Å². The molecule has 3 aromatic rings. The Labute approximate surface area is 178 Å². The molecule has 0 atom stereocenters. The average molecular weight is 426 g/mol. The molecule has 0 bridgehead atoms. The number of rotatable bonds is 8. The third-order valence-corrected chi connectivity index (χ3v) is 5.53. The summed E-state index contributed by atoms with van der Waals surface area (Å²) in [7, 11) is 6.05. The number of methoxy groups -OCH3 is 4. The molecule has 3 rings (SSSR count). The quantitative estimate of drug-likeness (QED) is 0.413. The lowest BCUT2D eigenvalue weighted by atomic mass is 9.94. The van der Waals surface area contributed by atoms with Crippen molar-refractivity contribution in [3.8, 4) is 39.2 Å². The summed E-state index contributed by atoms with van der Waals surface area (Å²) in [6, 6.07) is 10.9. The van der Waals surface area contributed by atoms with Crippen molar-refractivity contribution in [2.75, 3.05) is 28.4 Å². The van der Waals surface area contributed by atoms with Gasteiger partial charge in [0, 0.05) is 22.1 Å². The van der Waals surface area contributed by atoms with E-state index in [0.717, 1.165) is 10.4 Å². The van der Waals surface area contributed by atoms with E-state index in [1.165, 1.54) is 20.3 Å². The molecule has 0 aliphatic heterocycles. The maximum absolute atomic E-state index is 11.5. The van der Waals surface area contributed by atoms with Crippen LogP contribution in [0.25, 0.3) is 16.0 Å². The van der Waals surface area contributed by atoms with Crippen molar-refractivity contribution in [1.82, 2.24) is 0 Å². The Morgan fingerprint density at radius 2 is 1.53 bits per heavy atom. The first-order valence-electron chi connectivity index (χ1n) is 8.99. The van der Waals surface area contributed by atoms with Gasteiger partial charge in [-0.15, -0.1) is 11.3 Å². The largest absolute Gasteiger partial charge is 0.502 e. The number of aldehydes is 1. The summed E-state index contributed by atoms with van der Waals surface area (Å²) in [6.07, 6.45) is 2.14. The van der Waals surface area contributed by atoms with Crippen molar-refractivity contribution < 1.29 is 28.8 Å². The van der Waals surface area contributed by atoms with E-state index in [-0.39, 0.29) is 17.2 Å². The molecule has 2 aromatic carbocycles. The monoisotopic (exact) mass is 426 g/mol. The van der Waals surface area contributed by atoms with Gasteiger partial charge in [0.15, 0.2) is 11.5 Å². The van der Waals surface area contributed by atoms with Gasteiger partial charge in [-0.3, -0.25) is 4.79 Å². The van der Waals surface area contributed by atoms with Crippen LogP contribution in [0.5, 0.6) is 28.7 Å². The Morgan fingerprint density at radius 3 is 2.03 bits per heavy atom. The van der Waals surface area contributed by atoms with Gasteiger partial charge in [0.25, 0.3) is 0 Å². The van der Waals surface area contributed by atoms with E-state index in [0.29, 0.717) is 34.5 Å². The van der Waals surface area contributed by atoms with E-state index in [1.54, 1.807) is 43.8 Å². The molecular formula is C23H22O6S. The summed E-state index contributed by atoms with van der Waals surface area (Å²) in [6.45, 7) is 0. The highest BCUT2D eigenvalue weighted by atomic mass is 32.1. The number of aromatic hydroxyl groups is 1. The fourth-order valence-electron chi connectivity index (χ4n) is 3.19. The van der Waals surface area contributed by atoms with Gasteiger partial charge in [0.1, 0.15) is 17.8 Å². The minimum Gasteiger partial charge on any atom is -0.502 e. The smallest absolute Gasteiger partial charge is 0.200 e. The van der Waals surface area contributed by atoms with Gasteiger partial charge in [-0.1, -0.05) is 6.07 Å². The van der Waals surface area contributed by atoms with Gasteiger partial charge in [-0.05, 0) is 46.9 Å². The van der Waals surface area contributed by atoms with Crippen LogP contribution < -0.4 is 18.9 Å². The third-order valence-electron chi connectivity index (χ3n) is 4.62. The third kappa shape index (κ3) is 3.97. The number of hydrogen-bond donors (Lipinski definition) is 1. The van der Waals surface area contributed by atoms with Crippen LogP contribution in [0, 0.1) is 0 Å². The average Bonchev–Trinajstić information content (AvgIpc) is 3.31. The molecule has 1 aromatic heterocycles. The number of carbonyl (C=O) groups is 1. The fraction of sp³-hybridized carbons (Fsp3) is 0.174. The van der Waals surface area contributed by atoms with Crippen LogP contribution in [-0.2, 0) is 4.79 Å². The predicted octanol–water partition coefficient (Wildman–Crippen LogP) is 4.79. The molecule has 0 saturated heterocycles. The minimum absolute atomic E-state index is 0.116. The summed E-state index contributed by atoms with van der Waals surface area (Å²) >= 11 is 1.58. The zero-order chi connectivity index (χ0) is 21.7. The highest BCUT2D eigenvalue weighted by Crippen LogP contribution is 2.44. The van der Waals surface area contributed by atoms with Crippen LogP contribution in [-0.4, -0.2) is 39.8 Å². The lowest BCUT2D eigenvalue weighted by molar-refractivity contribution is -0.104. The highest BCUT2D eigenvalue weighted by Gasteiger charge is 2.20. The number of allylic oxidation sites excluding steroid dienone is 1. The van der Waals surface area contributed by atoms with Gasteiger partial charge in [0.2, 0.25) is 5.75 Å². The molecule has 6 nitrogen and oxygen atoms in total. The first-order chi connectivity index (χ1) is 14.6. The molecule has 0 amide bonds. The highest BCUT2D eigenvalue weighted by molar-refractivity contribution is 7.13. The first kappa shape index (κ1) is 21.3. The molecule has 7 heteroatoms. The molecule has 0 saturated carbocycles. The molecule has 156 valence electrons. The summed E-state index contributed by atoms with van der Waals surface area (Å²) < 4.78 is 21.7. The molecule has 0 aliphatic rings. The van der Waals surface area contributed by atoms with Gasteiger partial charge in [-0.2, -0.15) is 0 Å². The fourth-order valence-corrected chi connectivity index (χ4v) is 3.94. The van der Waals surface area contributed by atoms with Crippen LogP contribution in [0.1, 0.15) is 11.1 Å². The minimum atomic E-state index is -0.116. The van der Waals surface area contributed by atoms with Crippen LogP contribution in [0.2, 0.25) is 0 Å². The van der Waals surface area contributed by atoms with E-state index in [1.807, 2.05) is 23.6 Å². The zero-order valence-electron chi connectivity index (χ0n) is 17.1. The van der Waals surface area contributed by atoms with Crippen LogP contribution in [0.15, 0.2) is 47.9 Å². The lowest BCUT2D eigenvalue weighted by Crippen LogP contribution is -1.99. The Kier molecular flexibility index (Phi) is 6.64. The Bertz CT molecular complexity index is 1040. The van der Waals surface area contributed by atoms with Gasteiger partial charge < -0.3 is 24.1 Å². The summed E-state index contributed by atoms with van der Waals surface area (Å²) in [4.78, 5) is 12.5. The number of carbonyl (C=O) groups excluding carboxylic acids is 1. The Hall–Kier alpha value is -3.45. The van der Waals surface area contributed by atoms with Gasteiger partial charge in [0.05, 0.1) is 28.4 Å². The van der Waals surface area contributed by atoms with E-state index >= 15 is 0 Å². The molecular weight excluding hydrogens is 404 g/mol. The maximum atomic E-state index is 11.5. The number of ether oxygens (including phenoxy) is 4. The summed E-state index contributed by atoms with van der Waals surface area (Å²) in [5, 5.41) is 12.2. The van der Waals surface area contributed by atoms with E-state index in [9.17, 15) is 9.90 Å². The van der Waals surface area contributed by atoms with Gasteiger partial charge >= 0.3 is 0 Å². The van der Waals surface area contributed by atoms with Crippen LogP contribution in [0.3, 0.4) is 0 Å². The molecule has 0 unspecified atom stereocenters. The van der Waals surface area contributed by atoms with Crippen LogP contribution >= 0.6 is 11.3 Å². The molecule has 0 radical (unpaired) electrons. The predicted molar refractivity (Wildman–Crippen MR) is 117 cm³/mol. The molecule has 30 heavy (non-hydrogen) atoms. The zero-order valence-corrected chi connectivity index (χ0v) is 17.9. The molecule has 1 heterocycles. The first-order valence-corrected chi connectivity index (χ1v) is 9.87. The van der Waals surface area contributed by atoms with Crippen molar-refractivity contribution in [1.29, 1.82) is 0 Å². The SMILES string of the molecule is COc1cc(OC)c(-c2cccs2)cc1C(=CC=O)c1cc(OC)c(O)c(OC)c1. The van der Waals surface area contributed by atoms with Crippen molar-refractivity contribution in [3.63, 3.8) is 0 Å². The van der Waals surface area contributed by atoms with E-state index < -0.39 is 0 Å². The van der Waals surface area contributed by atoms with Gasteiger partial charge in [-0.25, -0.2) is 0 Å². The summed E-state index contributed by atoms with van der Waals surface area (Å²) in [5.74, 6) is 1.53. The number of thiophene rings is 1. The second-order valence-corrected chi connectivity index (χ2v) is 7.12. The standard InChI is InChI=1S/C23H22O6S/c1-26-18-13-19(27-2)17(22-6-5-9-30-22)12-16(18)15(7-8-24)14-10-20(28-3)23(25)21(11-14)29-4/h5-13,25H,1-4H3. The molecule has 1 N–H and O–H groups in total. The normalized spacial score (nSPS) is 11.1.